The van der Waals surface area contributed by atoms with E-state index < -0.39 is 61.3 Å². The summed E-state index contributed by atoms with van der Waals surface area (Å²) in [5.41, 5.74) is 2.68. The quantitative estimate of drug-likeness (QED) is 0.314. The van der Waals surface area contributed by atoms with Crippen LogP contribution in [-0.2, 0) is 19.7 Å². The third-order valence-electron chi connectivity index (χ3n) is 4.49. The van der Waals surface area contributed by atoms with E-state index in [0.29, 0.717) is 4.40 Å². The van der Waals surface area contributed by atoms with Gasteiger partial charge in [-0.15, -0.1) is 0 Å². The molecule has 0 spiro atoms. The molecule has 0 saturated heterocycles. The van der Waals surface area contributed by atoms with Crippen molar-refractivity contribution in [2.75, 3.05) is 23.7 Å². The molecule has 0 unspecified atom stereocenters. The lowest BCUT2D eigenvalue weighted by molar-refractivity contribution is 0.0481. The smallest absolute Gasteiger partial charge is 0.342 e. The number of para-hydroxylation sites is 1. The first-order valence-corrected chi connectivity index (χ1v) is 11.9. The van der Waals surface area contributed by atoms with Crippen LogP contribution in [0.15, 0.2) is 35.1 Å². The van der Waals surface area contributed by atoms with E-state index in [4.69, 9.17) is 26.8 Å². The van der Waals surface area contributed by atoms with Gasteiger partial charge in [0.2, 0.25) is 0 Å². The Balaban J connectivity index is 2.14. The summed E-state index contributed by atoms with van der Waals surface area (Å²) in [4.78, 5) is 53.4. The van der Waals surface area contributed by atoms with Gasteiger partial charge < -0.3 is 20.2 Å². The van der Waals surface area contributed by atoms with E-state index in [-0.39, 0.29) is 24.5 Å². The molecule has 0 saturated carbocycles. The maximum Gasteiger partial charge on any atom is 0.342 e. The van der Waals surface area contributed by atoms with Gasteiger partial charge in [-0.2, -0.15) is 8.42 Å². The average molecular weight is 526 g/mol. The van der Waals surface area contributed by atoms with Crippen LogP contribution < -0.4 is 20.7 Å². The molecule has 1 amide bonds. The number of fused-ring (bicyclic) bond motifs is 1. The zero-order chi connectivity index (χ0) is 25.9. The molecule has 3 rings (SSSR count). The van der Waals surface area contributed by atoms with Crippen LogP contribution in [0.4, 0.5) is 11.5 Å². The van der Waals surface area contributed by atoms with Gasteiger partial charge in [0.25, 0.3) is 11.5 Å². The number of benzene rings is 1. The topological polar surface area (TPSA) is 191 Å². The number of ether oxygens (including phenoxy) is 2. The standard InChI is InChI=1S/C20H20ClN5O8S/c1-3-33-19(29)11-12(20(30)34-4-2)16-23-15(22)13(18(28)26(16)14(11)21)17(27)25-35(31,32)24-10-8-6-5-7-9-10/h5-9,23-24H,3-4,22H2,1-2H3,(H,25,27). The largest absolute Gasteiger partial charge is 0.462 e. The van der Waals surface area contributed by atoms with Gasteiger partial charge in [0.05, 0.1) is 18.9 Å². The second-order valence-corrected chi connectivity index (χ2v) is 8.56. The highest BCUT2D eigenvalue weighted by atomic mass is 35.5. The molecule has 0 bridgehead atoms. The number of esters is 2. The Morgan fingerprint density at radius 1 is 1.03 bits per heavy atom. The van der Waals surface area contributed by atoms with Crippen LogP contribution in [0.5, 0.6) is 0 Å². The second kappa shape index (κ2) is 10.1. The van der Waals surface area contributed by atoms with Crippen LogP contribution in [0, 0.1) is 0 Å². The van der Waals surface area contributed by atoms with Gasteiger partial charge in [0, 0.05) is 0 Å². The van der Waals surface area contributed by atoms with Crippen LogP contribution in [-0.4, -0.2) is 48.9 Å². The van der Waals surface area contributed by atoms with Crippen molar-refractivity contribution in [2.45, 2.75) is 13.8 Å². The first-order chi connectivity index (χ1) is 16.5. The number of halogens is 1. The lowest BCUT2D eigenvalue weighted by Gasteiger charge is -2.11. The van der Waals surface area contributed by atoms with Gasteiger partial charge in [0.15, 0.2) is 0 Å². The molecule has 2 heterocycles. The number of carbonyl (C=O) groups is 3. The number of nitrogens with two attached hydrogens (primary N) is 1. The number of anilines is 2. The minimum absolute atomic E-state index is 0.0669. The Kier molecular flexibility index (Phi) is 7.36. The number of carbonyl (C=O) groups excluding carboxylic acids is 3. The molecule has 3 aromatic rings. The molecular formula is C20H20ClN5O8S. The summed E-state index contributed by atoms with van der Waals surface area (Å²) in [5, 5.41) is -0.568. The summed E-state index contributed by atoms with van der Waals surface area (Å²) in [6.07, 6.45) is 0. The van der Waals surface area contributed by atoms with E-state index in [2.05, 4.69) is 9.71 Å². The molecule has 0 atom stereocenters. The summed E-state index contributed by atoms with van der Waals surface area (Å²) in [6.45, 7) is 2.90. The number of rotatable bonds is 8. The monoisotopic (exact) mass is 525 g/mol. The molecule has 0 aliphatic rings. The zero-order valence-electron chi connectivity index (χ0n) is 18.4. The molecule has 2 aromatic heterocycles. The Morgan fingerprint density at radius 3 is 2.17 bits per heavy atom. The summed E-state index contributed by atoms with van der Waals surface area (Å²) in [7, 11) is -4.47. The fourth-order valence-electron chi connectivity index (χ4n) is 3.14. The van der Waals surface area contributed by atoms with Crippen molar-refractivity contribution in [2.24, 2.45) is 0 Å². The van der Waals surface area contributed by atoms with E-state index in [1.165, 1.54) is 26.0 Å². The fourth-order valence-corrected chi connectivity index (χ4v) is 4.32. The lowest BCUT2D eigenvalue weighted by atomic mass is 10.2. The molecule has 1 aromatic carbocycles. The number of H-pyrrole nitrogens is 1. The van der Waals surface area contributed by atoms with Gasteiger partial charge in [-0.25, -0.2) is 18.7 Å². The molecule has 15 heteroatoms. The molecule has 35 heavy (non-hydrogen) atoms. The normalized spacial score (nSPS) is 11.2. The summed E-state index contributed by atoms with van der Waals surface area (Å²) in [6, 6.07) is 7.65. The number of hydrogen-bond donors (Lipinski definition) is 4. The summed E-state index contributed by atoms with van der Waals surface area (Å²) < 4.78 is 39.0. The fraction of sp³-hybridized carbons (Fsp3) is 0.200. The molecule has 186 valence electrons. The van der Waals surface area contributed by atoms with Crippen molar-refractivity contribution >= 4 is 56.8 Å². The third kappa shape index (κ3) is 5.07. The molecule has 0 fully saturated rings. The van der Waals surface area contributed by atoms with E-state index in [1.54, 1.807) is 22.9 Å². The van der Waals surface area contributed by atoms with Crippen molar-refractivity contribution in [1.29, 1.82) is 0 Å². The average Bonchev–Trinajstić information content (AvgIpc) is 3.06. The number of aromatic nitrogens is 2. The number of amides is 1. The summed E-state index contributed by atoms with van der Waals surface area (Å²) >= 11 is 6.24. The minimum Gasteiger partial charge on any atom is -0.462 e. The maximum absolute atomic E-state index is 13.2. The Labute approximate surface area is 203 Å². The number of nitrogen functional groups attached to an aromatic ring is 1. The van der Waals surface area contributed by atoms with E-state index in [0.717, 1.165) is 0 Å². The van der Waals surface area contributed by atoms with Gasteiger partial charge in [-0.1, -0.05) is 29.8 Å². The molecule has 0 aliphatic carbocycles. The van der Waals surface area contributed by atoms with Gasteiger partial charge >= 0.3 is 22.1 Å². The van der Waals surface area contributed by atoms with Crippen molar-refractivity contribution in [1.82, 2.24) is 14.1 Å². The van der Waals surface area contributed by atoms with Crippen LogP contribution in [0.3, 0.4) is 0 Å². The van der Waals surface area contributed by atoms with E-state index in [1.807, 2.05) is 0 Å². The first-order valence-electron chi connectivity index (χ1n) is 10.0. The number of aromatic amines is 1. The second-order valence-electron chi connectivity index (χ2n) is 6.79. The predicted molar refractivity (Wildman–Crippen MR) is 126 cm³/mol. The predicted octanol–water partition coefficient (Wildman–Crippen LogP) is 1.30. The first kappa shape index (κ1) is 25.6. The molecule has 13 nitrogen and oxygen atoms in total. The zero-order valence-corrected chi connectivity index (χ0v) is 20.0. The van der Waals surface area contributed by atoms with Gasteiger partial charge in [-0.05, 0) is 26.0 Å². The van der Waals surface area contributed by atoms with Crippen LogP contribution in [0.25, 0.3) is 5.65 Å². The van der Waals surface area contributed by atoms with Crippen molar-refractivity contribution in [3.05, 3.63) is 62.5 Å². The number of nitrogens with one attached hydrogen (secondary N) is 3. The van der Waals surface area contributed by atoms with Crippen LogP contribution in [0.2, 0.25) is 5.15 Å². The Morgan fingerprint density at radius 2 is 1.60 bits per heavy atom. The molecular weight excluding hydrogens is 506 g/mol. The van der Waals surface area contributed by atoms with Crippen molar-refractivity contribution < 1.29 is 32.3 Å². The van der Waals surface area contributed by atoms with E-state index in [9.17, 15) is 27.6 Å². The summed E-state index contributed by atoms with van der Waals surface area (Å²) in [5.74, 6) is -4.03. The van der Waals surface area contributed by atoms with Crippen molar-refractivity contribution in [3.8, 4) is 0 Å². The Bertz CT molecular complexity index is 1480. The van der Waals surface area contributed by atoms with Crippen LogP contribution in [0.1, 0.15) is 44.9 Å². The molecule has 0 aliphatic heterocycles. The highest BCUT2D eigenvalue weighted by Crippen LogP contribution is 2.28. The number of nitrogens with zero attached hydrogens (tertiary/aromatic N) is 1. The highest BCUT2D eigenvalue weighted by molar-refractivity contribution is 7.91. The number of hydrogen-bond acceptors (Lipinski definition) is 9. The minimum atomic E-state index is -4.47. The van der Waals surface area contributed by atoms with Crippen molar-refractivity contribution in [3.63, 3.8) is 0 Å². The van der Waals surface area contributed by atoms with E-state index >= 15 is 0 Å². The van der Waals surface area contributed by atoms with Gasteiger partial charge in [-0.3, -0.25) is 14.3 Å². The van der Waals surface area contributed by atoms with Gasteiger partial charge in [0.1, 0.15) is 33.3 Å². The lowest BCUT2D eigenvalue weighted by Crippen LogP contribution is -2.39. The molecule has 0 radical (unpaired) electrons. The maximum atomic E-state index is 13.2. The molecule has 5 N–H and O–H groups in total. The van der Waals surface area contributed by atoms with Crippen LogP contribution >= 0.6 is 11.6 Å². The SMILES string of the molecule is CCOC(=O)c1c(C(=O)OCC)c2[nH]c(N)c(C(=O)NS(=O)(=O)Nc3ccccc3)c(=O)n2c1Cl. The highest BCUT2D eigenvalue weighted by Gasteiger charge is 2.33. The Hall–Kier alpha value is -4.04. The third-order valence-corrected chi connectivity index (χ3v) is 5.81.